The normalized spacial score (nSPS) is 32.0. The van der Waals surface area contributed by atoms with Crippen LogP contribution in [0.2, 0.25) is 5.02 Å². The summed E-state index contributed by atoms with van der Waals surface area (Å²) in [4.78, 5) is 37.9. The lowest BCUT2D eigenvalue weighted by atomic mass is 9.88. The third kappa shape index (κ3) is 11.8. The highest BCUT2D eigenvalue weighted by Gasteiger charge is 2.59. The average Bonchev–Trinajstić information content (AvgIpc) is 3.27. The largest absolute Gasteiger partial charge is 0.477 e. The molecule has 3 heterocycles. The minimum atomic E-state index is -3.00. The van der Waals surface area contributed by atoms with Crippen molar-refractivity contribution in [2.24, 2.45) is 0 Å². The molecule has 0 spiro atoms. The summed E-state index contributed by atoms with van der Waals surface area (Å²) < 4.78 is 34.9. The van der Waals surface area contributed by atoms with E-state index in [0.717, 1.165) is 23.6 Å². The van der Waals surface area contributed by atoms with Crippen LogP contribution in [0.4, 0.5) is 0 Å². The highest BCUT2D eigenvalue weighted by Crippen LogP contribution is 2.38. The zero-order chi connectivity index (χ0) is 45.4. The molecular formula is C43H53ClN2O17. The van der Waals surface area contributed by atoms with Crippen LogP contribution in [0, 0.1) is 0 Å². The van der Waals surface area contributed by atoms with E-state index < -0.39 is 123 Å². The molecule has 2 amide bonds. The lowest BCUT2D eigenvalue weighted by Crippen LogP contribution is -2.70. The smallest absolute Gasteiger partial charge is 0.364 e. The number of ether oxygens (including phenoxy) is 6. The molecule has 0 aromatic heterocycles. The molecule has 63 heavy (non-hydrogen) atoms. The molecule has 344 valence electrons. The number of nitrogens with one attached hydrogen (secondary N) is 2. The standard InChI is InChI=1S/C43H53ClN2O17/c1-22(48)46-33-28(49)17-43(42(56)57,62-38(33)34(51)29(50)18-45-40(55)26-11-13-27(44)14-12-26)63-39-36(53)31(19-47)61-41(37(39)54)60-30-15-16-59-32(35(30)52)21-58-20-23-7-9-25(10-8-23)24-5-3-2-4-6-24/h2-14,28-39,41,47,49-54H,15-21H2,1H3,(H,45,55)(H,46,48)(H,56,57)/t28-,29+,30+,31+,32+,33+,34+,35+,36-,37+,38+,39-,41+,43-/m0/s1. The van der Waals surface area contributed by atoms with Crippen LogP contribution in [-0.4, -0.2) is 170 Å². The van der Waals surface area contributed by atoms with Crippen LogP contribution in [0.1, 0.15) is 35.7 Å². The van der Waals surface area contributed by atoms with Crippen LogP contribution in [0.25, 0.3) is 11.1 Å². The van der Waals surface area contributed by atoms with Crippen molar-refractivity contribution in [1.82, 2.24) is 10.6 Å². The molecule has 3 aliphatic rings. The number of aliphatic hydroxyl groups is 7. The van der Waals surface area contributed by atoms with Gasteiger partial charge in [0.05, 0.1) is 44.2 Å². The molecule has 0 radical (unpaired) electrons. The second kappa shape index (κ2) is 21.7. The summed E-state index contributed by atoms with van der Waals surface area (Å²) in [5, 5.41) is 93.5. The number of halogens is 1. The van der Waals surface area contributed by atoms with Crippen molar-refractivity contribution in [1.29, 1.82) is 0 Å². The van der Waals surface area contributed by atoms with Crippen molar-refractivity contribution in [3.05, 3.63) is 95.0 Å². The lowest BCUT2D eigenvalue weighted by Gasteiger charge is -2.50. The maximum atomic E-state index is 13.1. The third-order valence-corrected chi connectivity index (χ3v) is 11.4. The van der Waals surface area contributed by atoms with E-state index in [1.807, 2.05) is 54.6 Å². The molecule has 3 saturated heterocycles. The van der Waals surface area contributed by atoms with Crippen molar-refractivity contribution >= 4 is 29.4 Å². The van der Waals surface area contributed by atoms with E-state index in [0.29, 0.717) is 5.02 Å². The van der Waals surface area contributed by atoms with E-state index in [1.165, 1.54) is 24.3 Å². The van der Waals surface area contributed by atoms with Gasteiger partial charge in [0.15, 0.2) is 6.29 Å². The van der Waals surface area contributed by atoms with Crippen LogP contribution in [0.5, 0.6) is 0 Å². The van der Waals surface area contributed by atoms with Gasteiger partial charge in [-0.05, 0) is 47.4 Å². The zero-order valence-corrected chi connectivity index (χ0v) is 34.8. The van der Waals surface area contributed by atoms with Crippen molar-refractivity contribution in [2.75, 3.05) is 26.4 Å². The fourth-order valence-corrected chi connectivity index (χ4v) is 7.84. The summed E-state index contributed by atoms with van der Waals surface area (Å²) in [7, 11) is 0. The first-order chi connectivity index (χ1) is 30.1. The van der Waals surface area contributed by atoms with Gasteiger partial charge in [-0.25, -0.2) is 4.79 Å². The molecule has 0 aliphatic carbocycles. The number of hydrogen-bond donors (Lipinski definition) is 10. The van der Waals surface area contributed by atoms with Crippen molar-refractivity contribution in [3.8, 4) is 11.1 Å². The Bertz CT molecular complexity index is 1960. The Labute approximate surface area is 367 Å². The Hall–Kier alpha value is -4.16. The molecule has 3 aromatic rings. The molecule has 3 fully saturated rings. The summed E-state index contributed by atoms with van der Waals surface area (Å²) in [6, 6.07) is 21.8. The van der Waals surface area contributed by atoms with E-state index >= 15 is 0 Å². The Morgan fingerprint density at radius 1 is 0.905 bits per heavy atom. The molecule has 6 rings (SSSR count). The number of amides is 2. The van der Waals surface area contributed by atoms with Crippen LogP contribution < -0.4 is 10.6 Å². The van der Waals surface area contributed by atoms with Gasteiger partial charge in [-0.3, -0.25) is 9.59 Å². The second-order valence-electron chi connectivity index (χ2n) is 15.6. The Morgan fingerprint density at radius 3 is 2.24 bits per heavy atom. The molecule has 0 saturated carbocycles. The van der Waals surface area contributed by atoms with Gasteiger partial charge in [-0.2, -0.15) is 0 Å². The first-order valence-electron chi connectivity index (χ1n) is 20.3. The zero-order valence-electron chi connectivity index (χ0n) is 34.1. The molecule has 3 aromatic carbocycles. The predicted octanol–water partition coefficient (Wildman–Crippen LogP) is -0.530. The number of aliphatic carboxylic acids is 1. The first-order valence-corrected chi connectivity index (χ1v) is 20.7. The number of benzene rings is 3. The van der Waals surface area contributed by atoms with E-state index in [4.69, 9.17) is 40.0 Å². The first kappa shape index (κ1) is 48.3. The Morgan fingerprint density at radius 2 is 1.59 bits per heavy atom. The molecule has 20 heteroatoms. The van der Waals surface area contributed by atoms with Crippen LogP contribution >= 0.6 is 11.6 Å². The summed E-state index contributed by atoms with van der Waals surface area (Å²) in [5.74, 6) is -6.30. The predicted molar refractivity (Wildman–Crippen MR) is 219 cm³/mol. The Kier molecular flexibility index (Phi) is 16.6. The molecule has 19 nitrogen and oxygen atoms in total. The van der Waals surface area contributed by atoms with Gasteiger partial charge >= 0.3 is 5.97 Å². The average molecular weight is 905 g/mol. The van der Waals surface area contributed by atoms with E-state index in [-0.39, 0.29) is 31.8 Å². The fraction of sp³-hybridized carbons (Fsp3) is 0.512. The third-order valence-electron chi connectivity index (χ3n) is 11.1. The second-order valence-corrected chi connectivity index (χ2v) is 16.1. The number of carboxylic acids is 1. The Balaban J connectivity index is 1.12. The van der Waals surface area contributed by atoms with Gasteiger partial charge in [0.2, 0.25) is 5.91 Å². The minimum Gasteiger partial charge on any atom is -0.477 e. The SMILES string of the molecule is CC(=O)N[C@H]1[C@H]([C@H](O)[C@H](O)CNC(=O)c2ccc(Cl)cc2)O[C@@](O[C@H]2[C@@H](O)[C@@H](CO)O[C@@H](O[C@@H]3CCO[C@H](COCc4ccc(-c5ccccc5)cc4)[C@@H]3O)[C@@H]2O)(C(=O)O)C[C@@H]1O. The van der Waals surface area contributed by atoms with Crippen LogP contribution in [0.3, 0.4) is 0 Å². The number of aliphatic hydroxyl groups excluding tert-OH is 7. The van der Waals surface area contributed by atoms with Gasteiger partial charge in [0.25, 0.3) is 11.7 Å². The molecule has 0 bridgehead atoms. The maximum absolute atomic E-state index is 13.1. The van der Waals surface area contributed by atoms with Gasteiger partial charge in [-0.15, -0.1) is 0 Å². The highest BCUT2D eigenvalue weighted by molar-refractivity contribution is 6.30. The van der Waals surface area contributed by atoms with E-state index in [2.05, 4.69) is 10.6 Å². The van der Waals surface area contributed by atoms with Gasteiger partial charge in [0.1, 0.15) is 48.8 Å². The van der Waals surface area contributed by atoms with Crippen molar-refractivity contribution in [3.63, 3.8) is 0 Å². The fourth-order valence-electron chi connectivity index (χ4n) is 7.72. The summed E-state index contributed by atoms with van der Waals surface area (Å²) in [6.07, 6.45) is -21.2. The number of rotatable bonds is 17. The van der Waals surface area contributed by atoms with Gasteiger partial charge < -0.3 is 79.9 Å². The monoisotopic (exact) mass is 904 g/mol. The number of carbonyl (C=O) groups is 3. The lowest BCUT2D eigenvalue weighted by molar-refractivity contribution is -0.376. The summed E-state index contributed by atoms with van der Waals surface area (Å²) >= 11 is 5.88. The molecular weight excluding hydrogens is 852 g/mol. The maximum Gasteiger partial charge on any atom is 0.364 e. The number of hydrogen-bond acceptors (Lipinski definition) is 16. The molecule has 14 atom stereocenters. The quantitative estimate of drug-likeness (QED) is 0.0815. The van der Waals surface area contributed by atoms with Crippen LogP contribution in [-0.2, 0) is 44.6 Å². The van der Waals surface area contributed by atoms with Gasteiger partial charge in [-0.1, -0.05) is 66.2 Å². The van der Waals surface area contributed by atoms with Crippen LogP contribution in [0.15, 0.2) is 78.9 Å². The molecule has 10 N–H and O–H groups in total. The minimum absolute atomic E-state index is 0.0457. The van der Waals surface area contributed by atoms with E-state index in [9.17, 15) is 55.2 Å². The summed E-state index contributed by atoms with van der Waals surface area (Å²) in [6.45, 7) is -0.159. The van der Waals surface area contributed by atoms with Gasteiger partial charge in [0, 0.05) is 37.1 Å². The van der Waals surface area contributed by atoms with E-state index in [1.54, 1.807) is 0 Å². The topological polar surface area (TPSA) is 292 Å². The highest BCUT2D eigenvalue weighted by atomic mass is 35.5. The molecule has 3 aliphatic heterocycles. The summed E-state index contributed by atoms with van der Waals surface area (Å²) in [5.41, 5.74) is 3.14. The molecule has 0 unspecified atom stereocenters. The van der Waals surface area contributed by atoms with Crippen molar-refractivity contribution in [2.45, 2.75) is 112 Å². The number of carboxylic acid groups (broad SMARTS) is 1. The van der Waals surface area contributed by atoms with Crippen molar-refractivity contribution < 1.29 is 83.7 Å². The number of carbonyl (C=O) groups excluding carboxylic acids is 2.